The molecule has 0 unspecified atom stereocenters. The molecule has 1 aromatic heterocycles. The fourth-order valence-corrected chi connectivity index (χ4v) is 1.86. The summed E-state index contributed by atoms with van der Waals surface area (Å²) in [6.45, 7) is 0.337. The van der Waals surface area contributed by atoms with E-state index in [9.17, 15) is 22.8 Å². The van der Waals surface area contributed by atoms with Gasteiger partial charge in [-0.05, 0) is 12.1 Å². The molecular formula is C11H11F3N4O2. The summed E-state index contributed by atoms with van der Waals surface area (Å²) in [6.07, 6.45) is -4.64. The van der Waals surface area contributed by atoms with Gasteiger partial charge in [0.1, 0.15) is 11.5 Å². The normalized spacial score (nSPS) is 15.9. The van der Waals surface area contributed by atoms with Crippen molar-refractivity contribution in [2.24, 2.45) is 5.73 Å². The number of primary amides is 1. The monoisotopic (exact) mass is 288 g/mol. The number of carbonyl (C=O) groups excluding carboxylic acids is 2. The maximum absolute atomic E-state index is 12.7. The summed E-state index contributed by atoms with van der Waals surface area (Å²) < 4.78 is 38.0. The van der Waals surface area contributed by atoms with E-state index < -0.39 is 17.8 Å². The van der Waals surface area contributed by atoms with Crippen LogP contribution in [0.4, 0.5) is 19.0 Å². The van der Waals surface area contributed by atoms with Crippen LogP contribution in [-0.4, -0.2) is 36.4 Å². The second-order valence-electron chi connectivity index (χ2n) is 4.20. The van der Waals surface area contributed by atoms with Gasteiger partial charge in [0.25, 0.3) is 5.91 Å². The van der Waals surface area contributed by atoms with Crippen LogP contribution in [0, 0.1) is 0 Å². The Bertz CT molecular complexity index is 559. The molecule has 2 amide bonds. The number of piperazine rings is 1. The van der Waals surface area contributed by atoms with Crippen LogP contribution in [0.2, 0.25) is 0 Å². The molecule has 1 aliphatic heterocycles. The summed E-state index contributed by atoms with van der Waals surface area (Å²) in [7, 11) is 0. The number of pyridine rings is 1. The third kappa shape index (κ3) is 2.81. The second kappa shape index (κ2) is 4.99. The first-order valence-corrected chi connectivity index (χ1v) is 5.68. The number of amides is 2. The molecule has 0 atom stereocenters. The first-order valence-electron chi connectivity index (χ1n) is 5.68. The number of anilines is 1. The highest BCUT2D eigenvalue weighted by atomic mass is 19.4. The van der Waals surface area contributed by atoms with Crippen molar-refractivity contribution >= 4 is 17.6 Å². The number of rotatable bonds is 2. The molecule has 0 bridgehead atoms. The van der Waals surface area contributed by atoms with Crippen molar-refractivity contribution in [1.29, 1.82) is 0 Å². The van der Waals surface area contributed by atoms with Crippen LogP contribution >= 0.6 is 0 Å². The van der Waals surface area contributed by atoms with Crippen LogP contribution in [0.15, 0.2) is 12.1 Å². The first kappa shape index (κ1) is 14.1. The molecule has 108 valence electrons. The minimum atomic E-state index is -4.64. The van der Waals surface area contributed by atoms with Crippen LogP contribution in [0.1, 0.15) is 16.1 Å². The van der Waals surface area contributed by atoms with Gasteiger partial charge in [0, 0.05) is 13.1 Å². The predicted molar refractivity (Wildman–Crippen MR) is 63.0 cm³/mol. The van der Waals surface area contributed by atoms with Crippen molar-refractivity contribution in [3.8, 4) is 0 Å². The molecule has 6 nitrogen and oxygen atoms in total. The number of halogens is 3. The van der Waals surface area contributed by atoms with Gasteiger partial charge in [-0.1, -0.05) is 0 Å². The van der Waals surface area contributed by atoms with E-state index >= 15 is 0 Å². The number of nitrogens with zero attached hydrogens (tertiary/aromatic N) is 2. The highest BCUT2D eigenvalue weighted by Gasteiger charge is 2.34. The average Bonchev–Trinajstić information content (AvgIpc) is 2.37. The van der Waals surface area contributed by atoms with Crippen molar-refractivity contribution < 1.29 is 22.8 Å². The molecule has 0 radical (unpaired) electrons. The molecule has 1 aromatic rings. The summed E-state index contributed by atoms with van der Waals surface area (Å²) in [5, 5.41) is 2.53. The molecule has 2 heterocycles. The van der Waals surface area contributed by atoms with Crippen molar-refractivity contribution in [3.63, 3.8) is 0 Å². The number of aromatic nitrogens is 1. The Hall–Kier alpha value is -2.32. The SMILES string of the molecule is NC(=O)c1ccc(C(F)(F)F)nc1N1CCNC(=O)C1. The van der Waals surface area contributed by atoms with Crippen molar-refractivity contribution in [2.45, 2.75) is 6.18 Å². The van der Waals surface area contributed by atoms with Gasteiger partial charge in [0.2, 0.25) is 5.91 Å². The summed E-state index contributed by atoms with van der Waals surface area (Å²) in [5.74, 6) is -1.47. The zero-order valence-electron chi connectivity index (χ0n) is 10.2. The number of carbonyl (C=O) groups is 2. The smallest absolute Gasteiger partial charge is 0.365 e. The van der Waals surface area contributed by atoms with Crippen LogP contribution in [0.3, 0.4) is 0 Å². The summed E-state index contributed by atoms with van der Waals surface area (Å²) in [6, 6.07) is 1.66. The molecule has 1 saturated heterocycles. The Morgan fingerprint density at radius 3 is 2.65 bits per heavy atom. The minimum absolute atomic E-state index is 0.146. The van der Waals surface area contributed by atoms with E-state index in [2.05, 4.69) is 10.3 Å². The lowest BCUT2D eigenvalue weighted by atomic mass is 10.2. The molecule has 20 heavy (non-hydrogen) atoms. The molecule has 9 heteroatoms. The van der Waals surface area contributed by atoms with Crippen LogP contribution in [-0.2, 0) is 11.0 Å². The van der Waals surface area contributed by atoms with Gasteiger partial charge in [0.15, 0.2) is 0 Å². The molecule has 1 fully saturated rings. The molecule has 0 spiro atoms. The van der Waals surface area contributed by atoms with Gasteiger partial charge < -0.3 is 16.0 Å². The minimum Gasteiger partial charge on any atom is -0.365 e. The zero-order valence-corrected chi connectivity index (χ0v) is 10.2. The Labute approximate surface area is 111 Å². The standard InChI is InChI=1S/C11H11F3N4O2/c12-11(13,14)7-2-1-6(9(15)20)10(17-7)18-4-3-16-8(19)5-18/h1-2H,3-5H2,(H2,15,20)(H,16,19). The van der Waals surface area contributed by atoms with Gasteiger partial charge in [-0.3, -0.25) is 9.59 Å². The Morgan fingerprint density at radius 1 is 1.40 bits per heavy atom. The van der Waals surface area contributed by atoms with Crippen molar-refractivity contribution in [2.75, 3.05) is 24.5 Å². The van der Waals surface area contributed by atoms with E-state index in [4.69, 9.17) is 5.73 Å². The van der Waals surface area contributed by atoms with Crippen molar-refractivity contribution in [1.82, 2.24) is 10.3 Å². The van der Waals surface area contributed by atoms with Gasteiger partial charge in [-0.2, -0.15) is 13.2 Å². The molecule has 0 saturated carbocycles. The molecule has 2 rings (SSSR count). The number of hydrogen-bond acceptors (Lipinski definition) is 4. The fraction of sp³-hybridized carbons (Fsp3) is 0.364. The topological polar surface area (TPSA) is 88.3 Å². The maximum atomic E-state index is 12.7. The number of nitrogens with two attached hydrogens (primary N) is 1. The van der Waals surface area contributed by atoms with Crippen LogP contribution in [0.25, 0.3) is 0 Å². The fourth-order valence-electron chi connectivity index (χ4n) is 1.86. The van der Waals surface area contributed by atoms with Gasteiger partial charge in [-0.15, -0.1) is 0 Å². The quantitative estimate of drug-likeness (QED) is 0.810. The Morgan fingerprint density at radius 2 is 2.10 bits per heavy atom. The van der Waals surface area contributed by atoms with Crippen molar-refractivity contribution in [3.05, 3.63) is 23.4 Å². The number of hydrogen-bond donors (Lipinski definition) is 2. The zero-order chi connectivity index (χ0) is 14.9. The molecule has 3 N–H and O–H groups in total. The van der Waals surface area contributed by atoms with E-state index in [0.717, 1.165) is 6.07 Å². The van der Waals surface area contributed by atoms with E-state index in [1.54, 1.807) is 0 Å². The second-order valence-corrected chi connectivity index (χ2v) is 4.20. The van der Waals surface area contributed by atoms with E-state index in [1.807, 2.05) is 0 Å². The van der Waals surface area contributed by atoms with Crippen LogP contribution in [0.5, 0.6) is 0 Å². The van der Waals surface area contributed by atoms with Crippen LogP contribution < -0.4 is 16.0 Å². The largest absolute Gasteiger partial charge is 0.433 e. The molecule has 0 aliphatic carbocycles. The Balaban J connectivity index is 2.46. The lowest BCUT2D eigenvalue weighted by Gasteiger charge is -2.29. The predicted octanol–water partition coefficient (Wildman–Crippen LogP) is 0.135. The van der Waals surface area contributed by atoms with Gasteiger partial charge in [-0.25, -0.2) is 4.98 Å². The van der Waals surface area contributed by atoms with E-state index in [-0.39, 0.29) is 36.9 Å². The highest BCUT2D eigenvalue weighted by molar-refractivity contribution is 5.98. The third-order valence-electron chi connectivity index (χ3n) is 2.77. The highest BCUT2D eigenvalue weighted by Crippen LogP contribution is 2.30. The summed E-state index contributed by atoms with van der Waals surface area (Å²) >= 11 is 0. The van der Waals surface area contributed by atoms with E-state index in [1.165, 1.54) is 4.90 Å². The lowest BCUT2D eigenvalue weighted by Crippen LogP contribution is -2.48. The molecule has 1 aliphatic rings. The van der Waals surface area contributed by atoms with Gasteiger partial charge in [0.05, 0.1) is 12.1 Å². The summed E-state index contributed by atoms with van der Waals surface area (Å²) in [5.41, 5.74) is 3.85. The molecular weight excluding hydrogens is 277 g/mol. The van der Waals surface area contributed by atoms with E-state index in [0.29, 0.717) is 6.07 Å². The van der Waals surface area contributed by atoms with Gasteiger partial charge >= 0.3 is 6.18 Å². The average molecular weight is 288 g/mol. The third-order valence-corrected chi connectivity index (χ3v) is 2.77. The lowest BCUT2D eigenvalue weighted by molar-refractivity contribution is -0.141. The number of alkyl halides is 3. The summed E-state index contributed by atoms with van der Waals surface area (Å²) in [4.78, 5) is 27.3. The molecule has 0 aromatic carbocycles. The first-order chi connectivity index (χ1) is 9.29. The Kier molecular flexibility index (Phi) is 3.51. The maximum Gasteiger partial charge on any atom is 0.433 e. The number of nitrogens with one attached hydrogen (secondary N) is 1.